The summed E-state index contributed by atoms with van der Waals surface area (Å²) in [5.74, 6) is -3.23. The van der Waals surface area contributed by atoms with E-state index in [0.717, 1.165) is 12.1 Å². The molecule has 2 atom stereocenters. The van der Waals surface area contributed by atoms with E-state index in [1.54, 1.807) is 0 Å². The third kappa shape index (κ3) is 3.25. The van der Waals surface area contributed by atoms with Gasteiger partial charge >= 0.3 is 6.03 Å². The molecule has 0 aromatic heterocycles. The number of urea groups is 1. The largest absolute Gasteiger partial charge is 0.330 e. The zero-order valence-corrected chi connectivity index (χ0v) is 13.6. The molecule has 7 heteroatoms. The highest BCUT2D eigenvalue weighted by atomic mass is 35.5. The van der Waals surface area contributed by atoms with Crippen molar-refractivity contribution in [3.05, 3.63) is 82.5 Å². The standard InChI is InChI=1S/C18H13ClF2N2O2/c1-9-14(17(24)10-5-7-11(19)8-6-10)16(23-18(25)22-9)15-12(20)3-2-4-13(15)21/h2-8,14,16H,1H2,(H2,22,23,25)/t14-,16-/m0/s1. The molecular weight excluding hydrogens is 350 g/mol. The molecule has 0 bridgehead atoms. The fourth-order valence-corrected chi connectivity index (χ4v) is 2.96. The molecule has 2 aromatic carbocycles. The number of amides is 2. The smallest absolute Gasteiger partial charge is 0.319 e. The van der Waals surface area contributed by atoms with E-state index in [4.69, 9.17) is 11.6 Å². The average molecular weight is 363 g/mol. The number of halogens is 3. The molecule has 0 spiro atoms. The van der Waals surface area contributed by atoms with Crippen molar-refractivity contribution in [2.75, 3.05) is 0 Å². The summed E-state index contributed by atoms with van der Waals surface area (Å²) in [7, 11) is 0. The number of rotatable bonds is 3. The van der Waals surface area contributed by atoms with Gasteiger partial charge in [0.25, 0.3) is 0 Å². The van der Waals surface area contributed by atoms with Gasteiger partial charge in [0.2, 0.25) is 0 Å². The summed E-state index contributed by atoms with van der Waals surface area (Å²) < 4.78 is 28.4. The zero-order chi connectivity index (χ0) is 18.1. The Morgan fingerprint density at radius 2 is 1.68 bits per heavy atom. The second kappa shape index (κ2) is 6.64. The second-order valence-corrected chi connectivity index (χ2v) is 6.02. The van der Waals surface area contributed by atoms with Gasteiger partial charge in [0.05, 0.1) is 12.0 Å². The number of benzene rings is 2. The minimum Gasteiger partial charge on any atom is -0.330 e. The summed E-state index contributed by atoms with van der Waals surface area (Å²) in [5, 5.41) is 5.26. The van der Waals surface area contributed by atoms with Crippen LogP contribution in [0.3, 0.4) is 0 Å². The van der Waals surface area contributed by atoms with Crippen LogP contribution in [0, 0.1) is 17.6 Å². The van der Waals surface area contributed by atoms with E-state index in [0.29, 0.717) is 5.02 Å². The van der Waals surface area contributed by atoms with Crippen molar-refractivity contribution >= 4 is 23.4 Å². The first kappa shape index (κ1) is 17.1. The van der Waals surface area contributed by atoms with Gasteiger partial charge in [-0.1, -0.05) is 24.2 Å². The van der Waals surface area contributed by atoms with E-state index in [2.05, 4.69) is 17.2 Å². The highest BCUT2D eigenvalue weighted by Gasteiger charge is 2.40. The number of Topliss-reactive ketones (excluding diaryl/α,β-unsaturated/α-hetero) is 1. The molecule has 4 nitrogen and oxygen atoms in total. The summed E-state index contributed by atoms with van der Waals surface area (Å²) in [4.78, 5) is 24.7. The van der Waals surface area contributed by atoms with Gasteiger partial charge in [-0.3, -0.25) is 4.79 Å². The van der Waals surface area contributed by atoms with Crippen molar-refractivity contribution in [3.63, 3.8) is 0 Å². The quantitative estimate of drug-likeness (QED) is 0.811. The molecule has 1 saturated heterocycles. The van der Waals surface area contributed by atoms with Crippen molar-refractivity contribution < 1.29 is 18.4 Å². The second-order valence-electron chi connectivity index (χ2n) is 5.59. The van der Waals surface area contributed by atoms with E-state index >= 15 is 0 Å². The number of carbonyl (C=O) groups is 2. The van der Waals surface area contributed by atoms with Gasteiger partial charge in [-0.25, -0.2) is 13.6 Å². The topological polar surface area (TPSA) is 58.2 Å². The monoisotopic (exact) mass is 362 g/mol. The van der Waals surface area contributed by atoms with Crippen molar-refractivity contribution in [2.24, 2.45) is 5.92 Å². The van der Waals surface area contributed by atoms with E-state index in [9.17, 15) is 18.4 Å². The van der Waals surface area contributed by atoms with Crippen LogP contribution in [0.15, 0.2) is 54.7 Å². The predicted octanol–water partition coefficient (Wildman–Crippen LogP) is 3.98. The Morgan fingerprint density at radius 3 is 2.28 bits per heavy atom. The zero-order valence-electron chi connectivity index (χ0n) is 12.9. The van der Waals surface area contributed by atoms with E-state index in [-0.39, 0.29) is 16.8 Å². The maximum Gasteiger partial charge on any atom is 0.319 e. The molecule has 2 N–H and O–H groups in total. The van der Waals surface area contributed by atoms with Crippen LogP contribution in [0.5, 0.6) is 0 Å². The van der Waals surface area contributed by atoms with Crippen LogP contribution < -0.4 is 10.6 Å². The first-order valence-corrected chi connectivity index (χ1v) is 7.76. The van der Waals surface area contributed by atoms with Gasteiger partial charge in [-0.15, -0.1) is 0 Å². The average Bonchev–Trinajstić information content (AvgIpc) is 2.54. The van der Waals surface area contributed by atoms with Gasteiger partial charge in [0, 0.05) is 21.8 Å². The van der Waals surface area contributed by atoms with Crippen molar-refractivity contribution in [3.8, 4) is 0 Å². The van der Waals surface area contributed by atoms with E-state index in [1.165, 1.54) is 30.3 Å². The van der Waals surface area contributed by atoms with Gasteiger partial charge in [-0.05, 0) is 36.4 Å². The fraction of sp³-hybridized carbons (Fsp3) is 0.111. The molecular formula is C18H13ClF2N2O2. The Labute approximate surface area is 147 Å². The minimum absolute atomic E-state index is 0.0661. The number of hydrogen-bond acceptors (Lipinski definition) is 2. The van der Waals surface area contributed by atoms with Crippen LogP contribution in [0.4, 0.5) is 13.6 Å². The predicted molar refractivity (Wildman–Crippen MR) is 89.2 cm³/mol. The first-order valence-electron chi connectivity index (χ1n) is 7.38. The molecule has 1 aliphatic rings. The molecule has 0 radical (unpaired) electrons. The molecule has 1 heterocycles. The molecule has 128 valence electrons. The number of ketones is 1. The third-order valence-electron chi connectivity index (χ3n) is 3.99. The molecule has 2 aromatic rings. The number of nitrogens with one attached hydrogen (secondary N) is 2. The summed E-state index contributed by atoms with van der Waals surface area (Å²) in [6.45, 7) is 3.68. The lowest BCUT2D eigenvalue weighted by Crippen LogP contribution is -2.51. The first-order chi connectivity index (χ1) is 11.9. The Morgan fingerprint density at radius 1 is 1.08 bits per heavy atom. The van der Waals surface area contributed by atoms with Crippen molar-refractivity contribution in [1.29, 1.82) is 0 Å². The molecule has 1 fully saturated rings. The third-order valence-corrected chi connectivity index (χ3v) is 4.24. The van der Waals surface area contributed by atoms with Crippen molar-refractivity contribution in [1.82, 2.24) is 10.6 Å². The van der Waals surface area contributed by atoms with Gasteiger partial charge in [0.1, 0.15) is 11.6 Å². The summed E-state index contributed by atoms with van der Waals surface area (Å²) in [6.07, 6.45) is 0. The Kier molecular flexibility index (Phi) is 4.55. The Bertz CT molecular complexity index is 848. The van der Waals surface area contributed by atoms with Crippen LogP contribution in [-0.2, 0) is 0 Å². The van der Waals surface area contributed by atoms with Gasteiger partial charge in [0.15, 0.2) is 5.78 Å². The summed E-state index contributed by atoms with van der Waals surface area (Å²) in [6, 6.07) is 7.52. The van der Waals surface area contributed by atoms with Gasteiger partial charge in [-0.2, -0.15) is 0 Å². The lowest BCUT2D eigenvalue weighted by Gasteiger charge is -2.34. The van der Waals surface area contributed by atoms with Crippen LogP contribution >= 0.6 is 11.6 Å². The molecule has 0 unspecified atom stereocenters. The molecule has 0 aliphatic carbocycles. The normalized spacial score (nSPS) is 20.0. The minimum atomic E-state index is -1.22. The SMILES string of the molecule is C=C1NC(=O)N[C@H](c2c(F)cccc2F)[C@H]1C(=O)c1ccc(Cl)cc1. The molecule has 2 amide bonds. The van der Waals surface area contributed by atoms with E-state index in [1.807, 2.05) is 0 Å². The Balaban J connectivity index is 2.07. The highest BCUT2D eigenvalue weighted by molar-refractivity contribution is 6.30. The molecule has 1 aliphatic heterocycles. The molecule has 0 saturated carbocycles. The molecule has 25 heavy (non-hydrogen) atoms. The molecule has 3 rings (SSSR count). The Hall–Kier alpha value is -2.73. The maximum atomic E-state index is 14.2. The summed E-state index contributed by atoms with van der Waals surface area (Å²) >= 11 is 5.82. The van der Waals surface area contributed by atoms with Crippen LogP contribution in [0.2, 0.25) is 5.02 Å². The highest BCUT2D eigenvalue weighted by Crippen LogP contribution is 2.34. The summed E-state index contributed by atoms with van der Waals surface area (Å²) in [5.41, 5.74) is -0.0302. The van der Waals surface area contributed by atoms with Crippen molar-refractivity contribution in [2.45, 2.75) is 6.04 Å². The number of hydrogen-bond donors (Lipinski definition) is 2. The lowest BCUT2D eigenvalue weighted by molar-refractivity contribution is 0.0903. The van der Waals surface area contributed by atoms with Crippen LogP contribution in [0.1, 0.15) is 22.0 Å². The van der Waals surface area contributed by atoms with E-state index < -0.39 is 35.4 Å². The van der Waals surface area contributed by atoms with Gasteiger partial charge < -0.3 is 10.6 Å². The lowest BCUT2D eigenvalue weighted by atomic mass is 9.83. The number of carbonyl (C=O) groups excluding carboxylic acids is 2. The fourth-order valence-electron chi connectivity index (χ4n) is 2.84. The maximum absolute atomic E-state index is 14.2. The van der Waals surface area contributed by atoms with Crippen LogP contribution in [-0.4, -0.2) is 11.8 Å². The van der Waals surface area contributed by atoms with Crippen LogP contribution in [0.25, 0.3) is 0 Å².